The predicted octanol–water partition coefficient (Wildman–Crippen LogP) is 13.5. The summed E-state index contributed by atoms with van der Waals surface area (Å²) in [6.07, 6.45) is 0. The molecule has 10 rings (SSSR count). The number of nitrogens with one attached hydrogen (secondary N) is 3. The Morgan fingerprint density at radius 2 is 0.596 bits per heavy atom. The fourth-order valence-corrected chi connectivity index (χ4v) is 7.45. The molecule has 1 heterocycles. The second kappa shape index (κ2) is 12.4. The molecule has 0 bridgehead atoms. The molecule has 0 unspecified atom stereocenters. The molecule has 246 valence electrons. The number of nitrogens with zero attached hydrogens (tertiary/aromatic N) is 1. The van der Waals surface area contributed by atoms with Crippen LogP contribution in [0.25, 0.3) is 59.8 Å². The van der Waals surface area contributed by atoms with Crippen LogP contribution in [0.1, 0.15) is 0 Å². The fraction of sp³-hybridized carbons (Fsp3) is 0. The standard InChI is InChI=1S/C48H34N4/c1-4-10-35-27-39(16-13-32(35)7-1)49-38-19-23-44(24-20-38)52-47-25-21-42(50-40-17-14-33-8-2-5-11-36(33)28-40)30-45(47)46-31-43(22-26-48(46)52)51-41-18-15-34-9-3-6-12-37(34)29-41/h1-31,49-51H. The average Bonchev–Trinajstić information content (AvgIpc) is 3.51. The Morgan fingerprint density at radius 1 is 0.269 bits per heavy atom. The molecule has 0 saturated carbocycles. The van der Waals surface area contributed by atoms with Gasteiger partial charge >= 0.3 is 0 Å². The van der Waals surface area contributed by atoms with Gasteiger partial charge in [-0.05, 0) is 129 Å². The number of benzene rings is 9. The third-order valence-corrected chi connectivity index (χ3v) is 10.0. The van der Waals surface area contributed by atoms with E-state index in [1.165, 1.54) is 43.1 Å². The highest BCUT2D eigenvalue weighted by atomic mass is 15.0. The molecule has 1 aromatic heterocycles. The molecular formula is C48H34N4. The molecule has 4 heteroatoms. The van der Waals surface area contributed by atoms with Gasteiger partial charge in [0.15, 0.2) is 0 Å². The Hall–Kier alpha value is -7.04. The summed E-state index contributed by atoms with van der Waals surface area (Å²) in [5.41, 5.74) is 9.74. The average molecular weight is 667 g/mol. The van der Waals surface area contributed by atoms with Crippen LogP contribution in [-0.2, 0) is 0 Å². The van der Waals surface area contributed by atoms with Crippen molar-refractivity contribution in [3.8, 4) is 5.69 Å². The maximum atomic E-state index is 3.68. The number of fused-ring (bicyclic) bond motifs is 6. The number of hydrogen-bond acceptors (Lipinski definition) is 3. The van der Waals surface area contributed by atoms with E-state index in [0.717, 1.165) is 50.8 Å². The Balaban J connectivity index is 1.04. The third kappa shape index (κ3) is 5.53. The van der Waals surface area contributed by atoms with Gasteiger partial charge in [-0.25, -0.2) is 0 Å². The summed E-state index contributed by atoms with van der Waals surface area (Å²) in [5.74, 6) is 0. The van der Waals surface area contributed by atoms with Gasteiger partial charge in [0.2, 0.25) is 0 Å². The Labute approximate surface area is 301 Å². The van der Waals surface area contributed by atoms with E-state index >= 15 is 0 Å². The molecule has 0 aliphatic heterocycles. The Kier molecular flexibility index (Phi) is 7.10. The van der Waals surface area contributed by atoms with Crippen molar-refractivity contribution in [3.05, 3.63) is 188 Å². The van der Waals surface area contributed by atoms with Crippen molar-refractivity contribution in [2.75, 3.05) is 16.0 Å². The van der Waals surface area contributed by atoms with Gasteiger partial charge < -0.3 is 20.5 Å². The van der Waals surface area contributed by atoms with Gasteiger partial charge in [-0.2, -0.15) is 0 Å². The summed E-state index contributed by atoms with van der Waals surface area (Å²) in [5, 5.41) is 20.7. The van der Waals surface area contributed by atoms with E-state index in [1.807, 2.05) is 0 Å². The molecule has 0 saturated heterocycles. The maximum absolute atomic E-state index is 3.68. The molecule has 3 N–H and O–H groups in total. The van der Waals surface area contributed by atoms with Crippen LogP contribution in [0.15, 0.2) is 188 Å². The summed E-state index contributed by atoms with van der Waals surface area (Å²) in [6.45, 7) is 0. The van der Waals surface area contributed by atoms with Crippen molar-refractivity contribution in [3.63, 3.8) is 0 Å². The predicted molar refractivity (Wildman–Crippen MR) is 222 cm³/mol. The van der Waals surface area contributed by atoms with E-state index in [9.17, 15) is 0 Å². The fourth-order valence-electron chi connectivity index (χ4n) is 7.45. The van der Waals surface area contributed by atoms with Crippen LogP contribution in [0.4, 0.5) is 34.1 Å². The Bertz CT molecular complexity index is 2800. The number of hydrogen-bond donors (Lipinski definition) is 3. The SMILES string of the molecule is c1ccc2cc(Nc3ccc(-n4c5ccc(Nc6ccc7ccccc7c6)cc5c5cc(Nc6ccc7ccccc7c6)ccc54)cc3)ccc2c1. The smallest absolute Gasteiger partial charge is 0.0542 e. The molecule has 0 radical (unpaired) electrons. The molecule has 0 amide bonds. The van der Waals surface area contributed by atoms with E-state index in [2.05, 4.69) is 209 Å². The van der Waals surface area contributed by atoms with E-state index in [1.54, 1.807) is 0 Å². The molecular weight excluding hydrogens is 633 g/mol. The van der Waals surface area contributed by atoms with Crippen molar-refractivity contribution in [1.82, 2.24) is 4.57 Å². The van der Waals surface area contributed by atoms with Crippen molar-refractivity contribution < 1.29 is 0 Å². The van der Waals surface area contributed by atoms with E-state index in [0.29, 0.717) is 0 Å². The highest BCUT2D eigenvalue weighted by Gasteiger charge is 2.15. The van der Waals surface area contributed by atoms with Gasteiger partial charge in [-0.3, -0.25) is 0 Å². The highest BCUT2D eigenvalue weighted by molar-refractivity contribution is 6.11. The summed E-state index contributed by atoms with van der Waals surface area (Å²) in [7, 11) is 0. The van der Waals surface area contributed by atoms with Gasteiger partial charge in [-0.15, -0.1) is 0 Å². The van der Waals surface area contributed by atoms with E-state index in [-0.39, 0.29) is 0 Å². The summed E-state index contributed by atoms with van der Waals surface area (Å²) in [4.78, 5) is 0. The molecule has 0 aliphatic rings. The molecule has 9 aromatic carbocycles. The monoisotopic (exact) mass is 666 g/mol. The zero-order valence-electron chi connectivity index (χ0n) is 28.3. The number of aromatic nitrogens is 1. The van der Waals surface area contributed by atoms with Crippen LogP contribution < -0.4 is 16.0 Å². The largest absolute Gasteiger partial charge is 0.356 e. The number of anilines is 6. The van der Waals surface area contributed by atoms with Crippen LogP contribution >= 0.6 is 0 Å². The van der Waals surface area contributed by atoms with Crippen LogP contribution in [0.3, 0.4) is 0 Å². The lowest BCUT2D eigenvalue weighted by Gasteiger charge is -2.12. The lowest BCUT2D eigenvalue weighted by atomic mass is 10.1. The summed E-state index contributed by atoms with van der Waals surface area (Å²) >= 11 is 0. The molecule has 10 aromatic rings. The van der Waals surface area contributed by atoms with Crippen LogP contribution in [0.5, 0.6) is 0 Å². The topological polar surface area (TPSA) is 41.0 Å². The first kappa shape index (κ1) is 29.8. The minimum absolute atomic E-state index is 1.04. The quantitative estimate of drug-likeness (QED) is 0.159. The van der Waals surface area contributed by atoms with E-state index < -0.39 is 0 Å². The van der Waals surface area contributed by atoms with Gasteiger partial charge in [0.05, 0.1) is 11.0 Å². The molecule has 0 atom stereocenters. The van der Waals surface area contributed by atoms with Crippen molar-refractivity contribution in [1.29, 1.82) is 0 Å². The van der Waals surface area contributed by atoms with Gasteiger partial charge in [0, 0.05) is 50.6 Å². The second-order valence-electron chi connectivity index (χ2n) is 13.4. The van der Waals surface area contributed by atoms with Gasteiger partial charge in [-0.1, -0.05) is 91.0 Å². The first-order chi connectivity index (χ1) is 25.7. The second-order valence-corrected chi connectivity index (χ2v) is 13.4. The molecule has 52 heavy (non-hydrogen) atoms. The normalized spacial score (nSPS) is 11.5. The highest BCUT2D eigenvalue weighted by Crippen LogP contribution is 2.37. The van der Waals surface area contributed by atoms with E-state index in [4.69, 9.17) is 0 Å². The summed E-state index contributed by atoms with van der Waals surface area (Å²) < 4.78 is 2.37. The Morgan fingerprint density at radius 3 is 1.02 bits per heavy atom. The zero-order valence-corrected chi connectivity index (χ0v) is 28.3. The zero-order chi connectivity index (χ0) is 34.4. The first-order valence-corrected chi connectivity index (χ1v) is 17.7. The van der Waals surface area contributed by atoms with Gasteiger partial charge in [0.25, 0.3) is 0 Å². The molecule has 0 aliphatic carbocycles. The minimum Gasteiger partial charge on any atom is -0.356 e. The lowest BCUT2D eigenvalue weighted by molar-refractivity contribution is 1.18. The maximum Gasteiger partial charge on any atom is 0.0542 e. The lowest BCUT2D eigenvalue weighted by Crippen LogP contribution is -1.96. The van der Waals surface area contributed by atoms with Crippen molar-refractivity contribution >= 4 is 88.2 Å². The molecule has 0 fully saturated rings. The van der Waals surface area contributed by atoms with Crippen LogP contribution in [0.2, 0.25) is 0 Å². The van der Waals surface area contributed by atoms with Crippen molar-refractivity contribution in [2.45, 2.75) is 0 Å². The molecule has 4 nitrogen and oxygen atoms in total. The van der Waals surface area contributed by atoms with Crippen LogP contribution in [0, 0.1) is 0 Å². The number of rotatable bonds is 7. The van der Waals surface area contributed by atoms with Crippen molar-refractivity contribution in [2.24, 2.45) is 0 Å². The third-order valence-electron chi connectivity index (χ3n) is 10.0. The molecule has 0 spiro atoms. The van der Waals surface area contributed by atoms with Gasteiger partial charge in [0.1, 0.15) is 0 Å². The first-order valence-electron chi connectivity index (χ1n) is 17.7. The summed E-state index contributed by atoms with van der Waals surface area (Å²) in [6, 6.07) is 67.0. The van der Waals surface area contributed by atoms with Crippen LogP contribution in [-0.4, -0.2) is 4.57 Å². The minimum atomic E-state index is 1.04.